The summed E-state index contributed by atoms with van der Waals surface area (Å²) in [6, 6.07) is 0. The number of unbranched alkanes of at least 4 members (excludes halogenated alkanes) is 4. The van der Waals surface area contributed by atoms with Crippen molar-refractivity contribution < 1.29 is 18.5 Å². The monoisotopic (exact) mass is 390 g/mol. The maximum Gasteiger partial charge on any atom is 0.472 e. The Balaban J connectivity index is 0.000000481. The maximum atomic E-state index is 11.1. The molecule has 0 amide bonds. The maximum absolute atomic E-state index is 11.1. The van der Waals surface area contributed by atoms with Gasteiger partial charge in [-0.15, -0.1) is 0 Å². The Morgan fingerprint density at radius 2 is 1.42 bits per heavy atom. The quantitative estimate of drug-likeness (QED) is 0.309. The van der Waals surface area contributed by atoms with Gasteiger partial charge < -0.3 is 9.88 Å². The van der Waals surface area contributed by atoms with Gasteiger partial charge in [-0.25, -0.2) is 9.55 Å². The molecule has 0 saturated carbocycles. The van der Waals surface area contributed by atoms with E-state index in [4.69, 9.17) is 13.9 Å². The van der Waals surface area contributed by atoms with Gasteiger partial charge in [0.2, 0.25) is 0 Å². The van der Waals surface area contributed by atoms with E-state index >= 15 is 0 Å². The number of phosphoric ester groups is 1. The highest BCUT2D eigenvalue weighted by Crippen LogP contribution is 2.43. The van der Waals surface area contributed by atoms with Crippen molar-refractivity contribution in [1.29, 1.82) is 0 Å². The molecule has 0 radical (unpaired) electrons. The molecular weight excluding hydrogens is 351 g/mol. The minimum atomic E-state index is -3.75. The van der Waals surface area contributed by atoms with Gasteiger partial charge in [0.1, 0.15) is 5.82 Å². The SMILES string of the molecule is CCCCOP(=O)(O)OCCCC.CCCCc1c[nH]c(CCCC)n1. The molecule has 1 aromatic heterocycles. The molecule has 0 aromatic carbocycles. The fourth-order valence-corrected chi connectivity index (χ4v) is 2.84. The molecule has 6 nitrogen and oxygen atoms in total. The number of aryl methyl sites for hydroxylation is 2. The van der Waals surface area contributed by atoms with E-state index in [1.165, 1.54) is 31.4 Å². The van der Waals surface area contributed by atoms with E-state index in [2.05, 4.69) is 30.0 Å². The number of hydrogen-bond donors (Lipinski definition) is 2. The Kier molecular flexibility index (Phi) is 16.1. The summed E-state index contributed by atoms with van der Waals surface area (Å²) >= 11 is 0. The molecule has 7 heteroatoms. The predicted octanol–water partition coefficient (Wildman–Crippen LogP) is 5.82. The number of nitrogens with zero attached hydrogens (tertiary/aromatic N) is 1. The molecule has 0 aliphatic heterocycles. The van der Waals surface area contributed by atoms with Gasteiger partial charge >= 0.3 is 7.82 Å². The molecular formula is C19H39N2O4P. The van der Waals surface area contributed by atoms with E-state index in [0.717, 1.165) is 44.3 Å². The van der Waals surface area contributed by atoms with Gasteiger partial charge in [0.25, 0.3) is 0 Å². The summed E-state index contributed by atoms with van der Waals surface area (Å²) in [6.07, 6.45) is 12.7. The Hall–Kier alpha value is -0.680. The van der Waals surface area contributed by atoms with Crippen molar-refractivity contribution in [1.82, 2.24) is 9.97 Å². The summed E-state index contributed by atoms with van der Waals surface area (Å²) in [5, 5.41) is 0. The van der Waals surface area contributed by atoms with Crippen LogP contribution in [0.4, 0.5) is 0 Å². The highest BCUT2D eigenvalue weighted by Gasteiger charge is 2.19. The fourth-order valence-electron chi connectivity index (χ4n) is 2.05. The number of H-pyrrole nitrogens is 1. The number of hydrogen-bond acceptors (Lipinski definition) is 4. The van der Waals surface area contributed by atoms with Crippen molar-refractivity contribution in [2.45, 2.75) is 91.9 Å². The number of imidazole rings is 1. The number of aromatic nitrogens is 2. The minimum Gasteiger partial charge on any atom is -0.348 e. The average molecular weight is 391 g/mol. The third kappa shape index (κ3) is 14.5. The molecule has 1 rings (SSSR count). The third-order valence-electron chi connectivity index (χ3n) is 3.74. The van der Waals surface area contributed by atoms with Crippen LogP contribution in [0.5, 0.6) is 0 Å². The molecule has 0 bridgehead atoms. The first-order valence-electron chi connectivity index (χ1n) is 10.1. The van der Waals surface area contributed by atoms with Crippen LogP contribution < -0.4 is 0 Å². The van der Waals surface area contributed by atoms with Gasteiger partial charge in [-0.2, -0.15) is 0 Å². The molecule has 0 aliphatic carbocycles. The number of rotatable bonds is 14. The van der Waals surface area contributed by atoms with Crippen LogP contribution in [-0.4, -0.2) is 28.1 Å². The topological polar surface area (TPSA) is 84.4 Å². The lowest BCUT2D eigenvalue weighted by Crippen LogP contribution is -1.98. The molecule has 0 atom stereocenters. The van der Waals surface area contributed by atoms with Crippen molar-refractivity contribution >= 4 is 7.82 Å². The third-order valence-corrected chi connectivity index (χ3v) is 4.76. The first-order chi connectivity index (χ1) is 12.5. The van der Waals surface area contributed by atoms with E-state index in [1.54, 1.807) is 0 Å². The molecule has 154 valence electrons. The van der Waals surface area contributed by atoms with Crippen molar-refractivity contribution in [3.05, 3.63) is 17.7 Å². The second kappa shape index (κ2) is 16.5. The zero-order valence-electron chi connectivity index (χ0n) is 17.1. The van der Waals surface area contributed by atoms with E-state index in [1.807, 2.05) is 13.8 Å². The molecule has 0 spiro atoms. The summed E-state index contributed by atoms with van der Waals surface area (Å²) in [5.74, 6) is 1.16. The van der Waals surface area contributed by atoms with Gasteiger partial charge in [-0.05, 0) is 32.1 Å². The number of phosphoric acid groups is 1. The lowest BCUT2D eigenvalue weighted by atomic mass is 10.2. The molecule has 1 aromatic rings. The molecule has 0 unspecified atom stereocenters. The van der Waals surface area contributed by atoms with Crippen LogP contribution in [0.25, 0.3) is 0 Å². The van der Waals surface area contributed by atoms with Crippen LogP contribution in [0.15, 0.2) is 6.20 Å². The zero-order valence-corrected chi connectivity index (χ0v) is 18.0. The summed E-state index contributed by atoms with van der Waals surface area (Å²) in [4.78, 5) is 16.8. The van der Waals surface area contributed by atoms with Gasteiger partial charge in [-0.3, -0.25) is 9.05 Å². The second-order valence-electron chi connectivity index (χ2n) is 6.39. The van der Waals surface area contributed by atoms with Crippen LogP contribution >= 0.6 is 7.82 Å². The number of nitrogens with one attached hydrogen (secondary N) is 1. The standard InChI is InChI=1S/C11H20N2.C8H19O4P/c1-3-5-7-10-9-12-11(13-10)8-6-4-2;1-3-5-7-11-13(9,10)12-8-6-4-2/h9H,3-8H2,1-2H3,(H,12,13);3-8H2,1-2H3,(H,9,10). The molecule has 0 saturated heterocycles. The lowest BCUT2D eigenvalue weighted by Gasteiger charge is -2.10. The van der Waals surface area contributed by atoms with Crippen LogP contribution in [0.1, 0.15) is 90.6 Å². The minimum absolute atomic E-state index is 0.288. The van der Waals surface area contributed by atoms with E-state index < -0.39 is 7.82 Å². The Morgan fingerprint density at radius 1 is 0.923 bits per heavy atom. The van der Waals surface area contributed by atoms with Crippen molar-refractivity contribution in [2.24, 2.45) is 0 Å². The highest BCUT2D eigenvalue weighted by molar-refractivity contribution is 7.47. The Labute approximate surface area is 159 Å². The smallest absolute Gasteiger partial charge is 0.348 e. The largest absolute Gasteiger partial charge is 0.472 e. The van der Waals surface area contributed by atoms with E-state index in [-0.39, 0.29) is 13.2 Å². The summed E-state index contributed by atoms with van der Waals surface area (Å²) in [7, 11) is -3.75. The lowest BCUT2D eigenvalue weighted by molar-refractivity contribution is 0.146. The van der Waals surface area contributed by atoms with E-state index in [9.17, 15) is 4.57 Å². The average Bonchev–Trinajstić information content (AvgIpc) is 3.07. The van der Waals surface area contributed by atoms with Gasteiger partial charge in [0, 0.05) is 12.6 Å². The highest BCUT2D eigenvalue weighted by atomic mass is 31.2. The normalized spacial score (nSPS) is 11.3. The summed E-state index contributed by atoms with van der Waals surface area (Å²) in [6.45, 7) is 8.98. The Bertz CT molecular complexity index is 443. The van der Waals surface area contributed by atoms with Gasteiger partial charge in [-0.1, -0.05) is 53.4 Å². The van der Waals surface area contributed by atoms with E-state index in [0.29, 0.717) is 0 Å². The van der Waals surface area contributed by atoms with Crippen molar-refractivity contribution in [3.63, 3.8) is 0 Å². The molecule has 0 fully saturated rings. The fraction of sp³-hybridized carbons (Fsp3) is 0.842. The first-order valence-corrected chi connectivity index (χ1v) is 11.6. The van der Waals surface area contributed by atoms with Crippen LogP contribution in [0.3, 0.4) is 0 Å². The second-order valence-corrected chi connectivity index (χ2v) is 7.84. The van der Waals surface area contributed by atoms with Gasteiger partial charge in [0.15, 0.2) is 0 Å². The van der Waals surface area contributed by atoms with Crippen LogP contribution in [0.2, 0.25) is 0 Å². The van der Waals surface area contributed by atoms with Crippen molar-refractivity contribution in [3.8, 4) is 0 Å². The molecule has 26 heavy (non-hydrogen) atoms. The number of aromatic amines is 1. The zero-order chi connectivity index (χ0) is 19.7. The van der Waals surface area contributed by atoms with Gasteiger partial charge in [0.05, 0.1) is 18.9 Å². The Morgan fingerprint density at radius 3 is 1.92 bits per heavy atom. The van der Waals surface area contributed by atoms with Crippen LogP contribution in [0, 0.1) is 0 Å². The molecule has 1 heterocycles. The molecule has 0 aliphatic rings. The van der Waals surface area contributed by atoms with Crippen molar-refractivity contribution in [2.75, 3.05) is 13.2 Å². The van der Waals surface area contributed by atoms with Crippen LogP contribution in [-0.2, 0) is 26.5 Å². The first kappa shape index (κ1) is 25.3. The predicted molar refractivity (Wildman–Crippen MR) is 107 cm³/mol. The summed E-state index contributed by atoms with van der Waals surface area (Å²) in [5.41, 5.74) is 1.23. The summed E-state index contributed by atoms with van der Waals surface area (Å²) < 4.78 is 20.5. The molecule has 2 N–H and O–H groups in total.